The predicted octanol–water partition coefficient (Wildman–Crippen LogP) is 4.02. The number of aromatic hydroxyl groups is 1. The number of nitrogens with one attached hydrogen (secondary N) is 1. The molecule has 150 valence electrons. The fraction of sp³-hybridized carbons (Fsp3) is 0.167. The molecule has 4 aromatic rings. The third kappa shape index (κ3) is 3.16. The first kappa shape index (κ1) is 18.2. The summed E-state index contributed by atoms with van der Waals surface area (Å²) in [6.45, 7) is 1.10. The molecule has 0 radical (unpaired) electrons. The molecule has 1 amide bonds. The van der Waals surface area contributed by atoms with Crippen molar-refractivity contribution in [2.45, 2.75) is 19.5 Å². The van der Waals surface area contributed by atoms with Gasteiger partial charge in [0.2, 0.25) is 0 Å². The Bertz CT molecular complexity index is 1240. The van der Waals surface area contributed by atoms with Crippen molar-refractivity contribution in [3.8, 4) is 11.5 Å². The molecule has 6 nitrogen and oxygen atoms in total. The van der Waals surface area contributed by atoms with Gasteiger partial charge in [-0.3, -0.25) is 9.89 Å². The second-order valence-electron chi connectivity index (χ2n) is 7.54. The van der Waals surface area contributed by atoms with Crippen LogP contribution >= 0.6 is 0 Å². The molecular formula is C24H21N3O3. The van der Waals surface area contributed by atoms with E-state index in [9.17, 15) is 9.90 Å². The summed E-state index contributed by atoms with van der Waals surface area (Å²) < 4.78 is 5.30. The monoisotopic (exact) mass is 399 g/mol. The van der Waals surface area contributed by atoms with Gasteiger partial charge in [0.1, 0.15) is 11.5 Å². The van der Waals surface area contributed by atoms with Crippen molar-refractivity contribution in [2.24, 2.45) is 0 Å². The van der Waals surface area contributed by atoms with Crippen LogP contribution in [0.5, 0.6) is 11.5 Å². The van der Waals surface area contributed by atoms with Crippen LogP contribution in [0.2, 0.25) is 0 Å². The quantitative estimate of drug-likeness (QED) is 0.543. The molecule has 1 aliphatic heterocycles. The van der Waals surface area contributed by atoms with E-state index in [0.29, 0.717) is 30.6 Å². The summed E-state index contributed by atoms with van der Waals surface area (Å²) in [5.74, 6) is 0.564. The minimum atomic E-state index is -0.181. The van der Waals surface area contributed by atoms with Crippen molar-refractivity contribution in [1.82, 2.24) is 15.1 Å². The maximum atomic E-state index is 13.2. The second-order valence-corrected chi connectivity index (χ2v) is 7.54. The molecular weight excluding hydrogens is 378 g/mol. The lowest BCUT2D eigenvalue weighted by atomic mass is 10.0. The number of aromatic amines is 1. The van der Waals surface area contributed by atoms with Crippen LogP contribution in [0.3, 0.4) is 0 Å². The number of amides is 1. The number of hydrogen-bond acceptors (Lipinski definition) is 4. The lowest BCUT2D eigenvalue weighted by Gasteiger charge is -2.16. The minimum absolute atomic E-state index is 0.0416. The van der Waals surface area contributed by atoms with Gasteiger partial charge in [-0.05, 0) is 34.9 Å². The van der Waals surface area contributed by atoms with Crippen LogP contribution in [0.4, 0.5) is 0 Å². The van der Waals surface area contributed by atoms with Gasteiger partial charge in [-0.1, -0.05) is 36.4 Å². The lowest BCUT2D eigenvalue weighted by Crippen LogP contribution is -2.25. The third-order valence-corrected chi connectivity index (χ3v) is 5.62. The van der Waals surface area contributed by atoms with Crippen molar-refractivity contribution in [1.29, 1.82) is 0 Å². The molecule has 0 saturated heterocycles. The summed E-state index contributed by atoms with van der Waals surface area (Å²) in [5, 5.41) is 18.7. The van der Waals surface area contributed by atoms with Gasteiger partial charge in [-0.2, -0.15) is 5.10 Å². The standard InChI is InChI=1S/C24H21N3O3/c1-30-18-8-4-5-15(9-18)10-21-19-11-20(23(28)12-22(19)26-25-21)24(29)27-13-16-6-2-3-7-17(16)14-27/h2-9,11-12,28H,10,13-14H2,1H3,(H,25,26). The topological polar surface area (TPSA) is 78.5 Å². The Labute approximate surface area is 173 Å². The molecule has 30 heavy (non-hydrogen) atoms. The number of H-pyrrole nitrogens is 1. The molecule has 2 heterocycles. The molecule has 0 aliphatic carbocycles. The molecule has 0 saturated carbocycles. The van der Waals surface area contributed by atoms with Crippen molar-refractivity contribution < 1.29 is 14.6 Å². The van der Waals surface area contributed by atoms with Crippen molar-refractivity contribution in [2.75, 3.05) is 7.11 Å². The summed E-state index contributed by atoms with van der Waals surface area (Å²) in [4.78, 5) is 14.9. The molecule has 0 bridgehead atoms. The van der Waals surface area contributed by atoms with E-state index in [1.54, 1.807) is 24.1 Å². The molecule has 3 aromatic carbocycles. The van der Waals surface area contributed by atoms with Crippen LogP contribution in [0.15, 0.2) is 60.7 Å². The van der Waals surface area contributed by atoms with Gasteiger partial charge in [-0.25, -0.2) is 0 Å². The first-order valence-corrected chi connectivity index (χ1v) is 9.81. The van der Waals surface area contributed by atoms with Gasteiger partial charge >= 0.3 is 0 Å². The molecule has 1 aromatic heterocycles. The van der Waals surface area contributed by atoms with Crippen LogP contribution in [0.1, 0.15) is 32.7 Å². The Hall–Kier alpha value is -3.80. The Balaban J connectivity index is 1.47. The number of aromatic nitrogens is 2. The number of ether oxygens (including phenoxy) is 1. The number of benzene rings is 3. The van der Waals surface area contributed by atoms with Crippen LogP contribution in [-0.2, 0) is 19.5 Å². The van der Waals surface area contributed by atoms with Crippen molar-refractivity contribution >= 4 is 16.8 Å². The number of rotatable bonds is 4. The summed E-state index contributed by atoms with van der Waals surface area (Å²) in [6.07, 6.45) is 0.588. The van der Waals surface area contributed by atoms with Gasteiger partial charge in [0, 0.05) is 31.0 Å². The number of phenols is 1. The Kier molecular flexibility index (Phi) is 4.39. The van der Waals surface area contributed by atoms with E-state index in [0.717, 1.165) is 33.5 Å². The van der Waals surface area contributed by atoms with Gasteiger partial charge in [-0.15, -0.1) is 0 Å². The molecule has 1 aliphatic rings. The largest absolute Gasteiger partial charge is 0.507 e. The van der Waals surface area contributed by atoms with E-state index in [1.807, 2.05) is 48.5 Å². The number of methoxy groups -OCH3 is 1. The predicted molar refractivity (Wildman–Crippen MR) is 114 cm³/mol. The minimum Gasteiger partial charge on any atom is -0.507 e. The molecule has 0 atom stereocenters. The Morgan fingerprint density at radius 1 is 1.10 bits per heavy atom. The first-order chi connectivity index (χ1) is 14.6. The smallest absolute Gasteiger partial charge is 0.258 e. The molecule has 0 fully saturated rings. The number of phenolic OH excluding ortho intramolecular Hbond substituents is 1. The summed E-state index contributed by atoms with van der Waals surface area (Å²) in [7, 11) is 1.64. The normalized spacial score (nSPS) is 12.9. The Morgan fingerprint density at radius 2 is 1.87 bits per heavy atom. The maximum absolute atomic E-state index is 13.2. The van der Waals surface area contributed by atoms with Gasteiger partial charge in [0.15, 0.2) is 0 Å². The highest BCUT2D eigenvalue weighted by molar-refractivity contribution is 6.01. The van der Waals surface area contributed by atoms with Crippen LogP contribution < -0.4 is 4.74 Å². The summed E-state index contributed by atoms with van der Waals surface area (Å²) in [6, 6.07) is 19.2. The van der Waals surface area contributed by atoms with Gasteiger partial charge in [0.25, 0.3) is 5.91 Å². The zero-order valence-electron chi connectivity index (χ0n) is 16.6. The number of fused-ring (bicyclic) bond motifs is 2. The third-order valence-electron chi connectivity index (χ3n) is 5.62. The number of nitrogens with zero attached hydrogens (tertiary/aromatic N) is 2. The zero-order chi connectivity index (χ0) is 20.7. The molecule has 0 spiro atoms. The van der Waals surface area contributed by atoms with Crippen molar-refractivity contribution in [3.63, 3.8) is 0 Å². The molecule has 0 unspecified atom stereocenters. The molecule has 2 N–H and O–H groups in total. The maximum Gasteiger partial charge on any atom is 0.258 e. The molecule has 5 rings (SSSR count). The highest BCUT2D eigenvalue weighted by Gasteiger charge is 2.26. The highest BCUT2D eigenvalue weighted by Crippen LogP contribution is 2.31. The highest BCUT2D eigenvalue weighted by atomic mass is 16.5. The fourth-order valence-corrected chi connectivity index (χ4v) is 4.04. The lowest BCUT2D eigenvalue weighted by molar-refractivity contribution is 0.0748. The zero-order valence-corrected chi connectivity index (χ0v) is 16.6. The van der Waals surface area contributed by atoms with Crippen molar-refractivity contribution in [3.05, 3.63) is 88.6 Å². The SMILES string of the molecule is COc1cccc(Cc2n[nH]c3cc(O)c(C(=O)N4Cc5ccccc5C4)cc23)c1. The fourth-order valence-electron chi connectivity index (χ4n) is 4.04. The van der Waals surface area contributed by atoms with Gasteiger partial charge in [0.05, 0.1) is 23.9 Å². The first-order valence-electron chi connectivity index (χ1n) is 9.81. The van der Waals surface area contributed by atoms with E-state index in [-0.39, 0.29) is 11.7 Å². The van der Waals surface area contributed by atoms with E-state index in [4.69, 9.17) is 4.74 Å². The number of hydrogen-bond donors (Lipinski definition) is 2. The second kappa shape index (κ2) is 7.22. The summed E-state index contributed by atoms with van der Waals surface area (Å²) in [5.41, 5.74) is 5.16. The number of carbonyl (C=O) groups excluding carboxylic acids is 1. The Morgan fingerprint density at radius 3 is 2.60 bits per heavy atom. The van der Waals surface area contributed by atoms with Crippen LogP contribution in [-0.4, -0.2) is 33.2 Å². The van der Waals surface area contributed by atoms with E-state index in [1.165, 1.54) is 0 Å². The van der Waals surface area contributed by atoms with E-state index >= 15 is 0 Å². The van der Waals surface area contributed by atoms with E-state index < -0.39 is 0 Å². The van der Waals surface area contributed by atoms with Crippen LogP contribution in [0, 0.1) is 0 Å². The van der Waals surface area contributed by atoms with E-state index in [2.05, 4.69) is 10.2 Å². The average molecular weight is 399 g/mol. The molecule has 6 heteroatoms. The summed E-state index contributed by atoms with van der Waals surface area (Å²) >= 11 is 0. The average Bonchev–Trinajstić information content (AvgIpc) is 3.37. The van der Waals surface area contributed by atoms with Crippen LogP contribution in [0.25, 0.3) is 10.9 Å². The number of carbonyl (C=O) groups is 1. The van der Waals surface area contributed by atoms with Gasteiger partial charge < -0.3 is 14.7 Å².